The average molecular weight is 368 g/mol. The summed E-state index contributed by atoms with van der Waals surface area (Å²) in [6.45, 7) is 0.0804. The Kier molecular flexibility index (Phi) is 4.94. The van der Waals surface area contributed by atoms with Crippen molar-refractivity contribution in [3.05, 3.63) is 53.6 Å². The standard InChI is InChI=1S/C18H16N4O3S/c19-16(20)10-1-3-11(4-2-10)18-22-13-9-12(5-6-14(13)26-18)17(25)21-8-7-15(23)24/h1-6,9H,7-8H2,(H3,19,20)(H,21,25)(H,23,24). The van der Waals surface area contributed by atoms with E-state index in [9.17, 15) is 9.59 Å². The lowest BCUT2D eigenvalue weighted by Crippen LogP contribution is -2.25. The summed E-state index contributed by atoms with van der Waals surface area (Å²) in [5.74, 6) is -1.27. The third kappa shape index (κ3) is 3.86. The number of nitrogens with one attached hydrogen (secondary N) is 2. The molecule has 0 bridgehead atoms. The van der Waals surface area contributed by atoms with Gasteiger partial charge in [-0.15, -0.1) is 11.3 Å². The number of carbonyl (C=O) groups is 2. The molecule has 5 N–H and O–H groups in total. The van der Waals surface area contributed by atoms with Crippen molar-refractivity contribution < 1.29 is 14.7 Å². The van der Waals surface area contributed by atoms with E-state index in [1.54, 1.807) is 24.3 Å². The van der Waals surface area contributed by atoms with Crippen LogP contribution in [0.5, 0.6) is 0 Å². The maximum Gasteiger partial charge on any atom is 0.305 e. The van der Waals surface area contributed by atoms with Crippen LogP contribution in [-0.4, -0.2) is 34.3 Å². The van der Waals surface area contributed by atoms with Crippen LogP contribution in [0, 0.1) is 5.41 Å². The number of carbonyl (C=O) groups excluding carboxylic acids is 1. The van der Waals surface area contributed by atoms with Gasteiger partial charge in [0.15, 0.2) is 0 Å². The number of nitrogens with zero attached hydrogens (tertiary/aromatic N) is 1. The number of amides is 1. The van der Waals surface area contributed by atoms with Crippen molar-refractivity contribution in [3.63, 3.8) is 0 Å². The molecule has 0 fully saturated rings. The predicted octanol–water partition coefficient (Wildman–Crippen LogP) is 2.45. The number of rotatable bonds is 6. The molecule has 26 heavy (non-hydrogen) atoms. The highest BCUT2D eigenvalue weighted by Crippen LogP contribution is 2.30. The van der Waals surface area contributed by atoms with Crippen LogP contribution in [0.15, 0.2) is 42.5 Å². The minimum Gasteiger partial charge on any atom is -0.481 e. The number of nitrogen functional groups attached to an aromatic ring is 1. The average Bonchev–Trinajstić information content (AvgIpc) is 3.04. The van der Waals surface area contributed by atoms with Gasteiger partial charge in [-0.25, -0.2) is 4.98 Å². The molecule has 1 aromatic heterocycles. The Labute approximate surface area is 153 Å². The fraction of sp³-hybridized carbons (Fsp3) is 0.111. The third-order valence-electron chi connectivity index (χ3n) is 3.72. The number of carboxylic acids is 1. The van der Waals surface area contributed by atoms with Crippen LogP contribution in [0.4, 0.5) is 0 Å². The van der Waals surface area contributed by atoms with Gasteiger partial charge in [0.05, 0.1) is 16.6 Å². The molecule has 0 unspecified atom stereocenters. The molecule has 1 amide bonds. The highest BCUT2D eigenvalue weighted by Gasteiger charge is 2.11. The van der Waals surface area contributed by atoms with E-state index in [4.69, 9.17) is 16.2 Å². The Bertz CT molecular complexity index is 995. The van der Waals surface area contributed by atoms with E-state index in [1.807, 2.05) is 18.2 Å². The van der Waals surface area contributed by atoms with Crippen molar-refractivity contribution in [1.82, 2.24) is 10.3 Å². The molecule has 7 nitrogen and oxygen atoms in total. The number of fused-ring (bicyclic) bond motifs is 1. The van der Waals surface area contributed by atoms with Crippen molar-refractivity contribution >= 4 is 39.3 Å². The molecule has 0 aliphatic carbocycles. The molecule has 3 aromatic rings. The van der Waals surface area contributed by atoms with Gasteiger partial charge in [-0.2, -0.15) is 0 Å². The molecule has 2 aromatic carbocycles. The Balaban J connectivity index is 1.81. The van der Waals surface area contributed by atoms with Gasteiger partial charge in [-0.3, -0.25) is 15.0 Å². The zero-order valence-electron chi connectivity index (χ0n) is 13.7. The van der Waals surface area contributed by atoms with Crippen LogP contribution in [0.2, 0.25) is 0 Å². The maximum atomic E-state index is 12.1. The van der Waals surface area contributed by atoms with Gasteiger partial charge in [-0.05, 0) is 18.2 Å². The largest absolute Gasteiger partial charge is 0.481 e. The van der Waals surface area contributed by atoms with E-state index >= 15 is 0 Å². The molecule has 0 saturated heterocycles. The number of hydrogen-bond donors (Lipinski definition) is 4. The van der Waals surface area contributed by atoms with Crippen molar-refractivity contribution in [1.29, 1.82) is 5.41 Å². The van der Waals surface area contributed by atoms with Crippen LogP contribution in [0.3, 0.4) is 0 Å². The van der Waals surface area contributed by atoms with Crippen molar-refractivity contribution in [3.8, 4) is 10.6 Å². The molecule has 132 valence electrons. The SMILES string of the molecule is N=C(N)c1ccc(-c2nc3cc(C(=O)NCCC(=O)O)ccc3s2)cc1. The number of carboxylic acid groups (broad SMARTS) is 1. The molecule has 0 aliphatic rings. The van der Waals surface area contributed by atoms with E-state index in [-0.39, 0.29) is 24.7 Å². The number of nitrogens with two attached hydrogens (primary N) is 1. The van der Waals surface area contributed by atoms with E-state index in [0.717, 1.165) is 15.3 Å². The summed E-state index contributed by atoms with van der Waals surface area (Å²) in [4.78, 5) is 27.2. The second-order valence-corrected chi connectivity index (χ2v) is 6.62. The Hall–Kier alpha value is -3.26. The Morgan fingerprint density at radius 1 is 1.15 bits per heavy atom. The molecule has 0 atom stereocenters. The van der Waals surface area contributed by atoms with Crippen LogP contribution in [-0.2, 0) is 4.79 Å². The number of thiazole rings is 1. The van der Waals surface area contributed by atoms with Gasteiger partial charge in [-0.1, -0.05) is 24.3 Å². The normalized spacial score (nSPS) is 10.6. The molecule has 0 spiro atoms. The number of amidine groups is 1. The predicted molar refractivity (Wildman–Crippen MR) is 101 cm³/mol. The van der Waals surface area contributed by atoms with Crippen molar-refractivity contribution in [2.24, 2.45) is 5.73 Å². The van der Waals surface area contributed by atoms with Gasteiger partial charge in [0.1, 0.15) is 10.8 Å². The number of aromatic nitrogens is 1. The van der Waals surface area contributed by atoms with Gasteiger partial charge in [0, 0.05) is 23.2 Å². The number of benzene rings is 2. The number of aliphatic carboxylic acids is 1. The van der Waals surface area contributed by atoms with Gasteiger partial charge < -0.3 is 16.2 Å². The molecule has 0 aliphatic heterocycles. The Morgan fingerprint density at radius 2 is 1.85 bits per heavy atom. The fourth-order valence-corrected chi connectivity index (χ4v) is 3.32. The molecule has 0 saturated carbocycles. The van der Waals surface area contributed by atoms with Gasteiger partial charge >= 0.3 is 5.97 Å². The summed E-state index contributed by atoms with van der Waals surface area (Å²) in [5.41, 5.74) is 8.15. The first kappa shape index (κ1) is 17.6. The zero-order valence-corrected chi connectivity index (χ0v) is 14.5. The topological polar surface area (TPSA) is 129 Å². The summed E-state index contributed by atoms with van der Waals surface area (Å²) >= 11 is 1.50. The second kappa shape index (κ2) is 7.32. The Morgan fingerprint density at radius 3 is 2.50 bits per heavy atom. The van der Waals surface area contributed by atoms with E-state index in [0.29, 0.717) is 16.6 Å². The van der Waals surface area contributed by atoms with E-state index in [2.05, 4.69) is 10.3 Å². The molecule has 0 radical (unpaired) electrons. The maximum absolute atomic E-state index is 12.1. The summed E-state index contributed by atoms with van der Waals surface area (Å²) < 4.78 is 0.942. The lowest BCUT2D eigenvalue weighted by Gasteiger charge is -2.03. The summed E-state index contributed by atoms with van der Waals surface area (Å²) in [5, 5.41) is 19.4. The summed E-state index contributed by atoms with van der Waals surface area (Å²) in [6.07, 6.45) is -0.120. The van der Waals surface area contributed by atoms with Gasteiger partial charge in [0.2, 0.25) is 0 Å². The van der Waals surface area contributed by atoms with E-state index in [1.165, 1.54) is 11.3 Å². The van der Waals surface area contributed by atoms with Crippen molar-refractivity contribution in [2.45, 2.75) is 6.42 Å². The van der Waals surface area contributed by atoms with Crippen LogP contribution < -0.4 is 11.1 Å². The van der Waals surface area contributed by atoms with Gasteiger partial charge in [0.25, 0.3) is 5.91 Å². The first-order chi connectivity index (χ1) is 12.4. The zero-order chi connectivity index (χ0) is 18.7. The quantitative estimate of drug-likeness (QED) is 0.392. The van der Waals surface area contributed by atoms with Crippen LogP contribution in [0.1, 0.15) is 22.3 Å². The van der Waals surface area contributed by atoms with E-state index < -0.39 is 5.97 Å². The summed E-state index contributed by atoms with van der Waals surface area (Å²) in [6, 6.07) is 12.5. The smallest absolute Gasteiger partial charge is 0.305 e. The van der Waals surface area contributed by atoms with Crippen LogP contribution >= 0.6 is 11.3 Å². The third-order valence-corrected chi connectivity index (χ3v) is 4.80. The molecule has 1 heterocycles. The van der Waals surface area contributed by atoms with Crippen LogP contribution in [0.25, 0.3) is 20.8 Å². The second-order valence-electron chi connectivity index (χ2n) is 5.59. The molecular formula is C18H16N4O3S. The lowest BCUT2D eigenvalue weighted by molar-refractivity contribution is -0.136. The summed E-state index contributed by atoms with van der Waals surface area (Å²) in [7, 11) is 0. The minimum atomic E-state index is -0.958. The molecular weight excluding hydrogens is 352 g/mol. The molecule has 3 rings (SSSR count). The first-order valence-corrected chi connectivity index (χ1v) is 8.61. The lowest BCUT2D eigenvalue weighted by atomic mass is 10.1. The molecule has 8 heteroatoms. The highest BCUT2D eigenvalue weighted by molar-refractivity contribution is 7.21. The monoisotopic (exact) mass is 368 g/mol. The van der Waals surface area contributed by atoms with Crippen molar-refractivity contribution in [2.75, 3.05) is 6.54 Å². The minimum absolute atomic E-state index is 0.0133. The highest BCUT2D eigenvalue weighted by atomic mass is 32.1. The first-order valence-electron chi connectivity index (χ1n) is 7.79. The fourth-order valence-electron chi connectivity index (χ4n) is 2.37. The number of hydrogen-bond acceptors (Lipinski definition) is 5.